The average molecular weight is 331 g/mol. The first-order valence-corrected chi connectivity index (χ1v) is 9.69. The quantitative estimate of drug-likeness (QED) is 0.197. The largest absolute Gasteiger partial charge is 0.481 e. The van der Waals surface area contributed by atoms with E-state index in [4.69, 9.17) is 16.7 Å². The van der Waals surface area contributed by atoms with Crippen LogP contribution in [-0.2, 0) is 4.79 Å². The van der Waals surface area contributed by atoms with E-state index in [1.165, 1.54) is 57.8 Å². The third-order valence-corrected chi connectivity index (χ3v) is 4.47. The molecule has 1 N–H and O–H groups in total. The summed E-state index contributed by atoms with van der Waals surface area (Å²) >= 11 is 5.63. The molecule has 3 heteroatoms. The third kappa shape index (κ3) is 14.4. The lowest BCUT2D eigenvalue weighted by atomic mass is 10.0. The second kappa shape index (κ2) is 16.9. The number of allylic oxidation sites excluding steroid dienone is 2. The number of unbranched alkanes of at least 4 members (excludes halogenated alkanes) is 10. The number of halogens is 1. The van der Waals surface area contributed by atoms with Crippen molar-refractivity contribution in [3.8, 4) is 0 Å². The SMILES string of the molecule is CCCCCCCC/C=C/CCCCCCC(CCl)C(=O)O. The minimum Gasteiger partial charge on any atom is -0.481 e. The maximum absolute atomic E-state index is 10.8. The van der Waals surface area contributed by atoms with Crippen molar-refractivity contribution in [1.82, 2.24) is 0 Å². The summed E-state index contributed by atoms with van der Waals surface area (Å²) in [6.45, 7) is 2.26. The summed E-state index contributed by atoms with van der Waals surface area (Å²) in [4.78, 5) is 10.8. The second-order valence-electron chi connectivity index (χ2n) is 6.21. The van der Waals surface area contributed by atoms with Gasteiger partial charge in [-0.3, -0.25) is 4.79 Å². The van der Waals surface area contributed by atoms with Gasteiger partial charge in [0.25, 0.3) is 0 Å². The zero-order chi connectivity index (χ0) is 16.5. The molecule has 1 atom stereocenters. The Morgan fingerprint density at radius 3 is 1.91 bits per heavy atom. The van der Waals surface area contributed by atoms with Crippen molar-refractivity contribution >= 4 is 17.6 Å². The summed E-state index contributed by atoms with van der Waals surface area (Å²) in [5.41, 5.74) is 0. The Hall–Kier alpha value is -0.500. The molecule has 2 nitrogen and oxygen atoms in total. The molecule has 1 unspecified atom stereocenters. The Morgan fingerprint density at radius 1 is 0.909 bits per heavy atom. The molecule has 0 saturated carbocycles. The molecule has 0 aromatic carbocycles. The average Bonchev–Trinajstić information content (AvgIpc) is 2.51. The van der Waals surface area contributed by atoms with Gasteiger partial charge in [-0.25, -0.2) is 0 Å². The number of hydrogen-bond donors (Lipinski definition) is 1. The molecule has 0 rings (SSSR count). The van der Waals surface area contributed by atoms with Crippen LogP contribution in [0.4, 0.5) is 0 Å². The molecule has 0 amide bonds. The van der Waals surface area contributed by atoms with Crippen LogP contribution >= 0.6 is 11.6 Å². The highest BCUT2D eigenvalue weighted by atomic mass is 35.5. The molecule has 0 aliphatic carbocycles. The van der Waals surface area contributed by atoms with Gasteiger partial charge in [0.2, 0.25) is 0 Å². The molecule has 0 aromatic heterocycles. The van der Waals surface area contributed by atoms with Crippen LogP contribution in [0.3, 0.4) is 0 Å². The molecule has 0 fully saturated rings. The van der Waals surface area contributed by atoms with E-state index in [-0.39, 0.29) is 11.8 Å². The predicted molar refractivity (Wildman–Crippen MR) is 96.7 cm³/mol. The van der Waals surface area contributed by atoms with E-state index >= 15 is 0 Å². The smallest absolute Gasteiger partial charge is 0.307 e. The summed E-state index contributed by atoms with van der Waals surface area (Å²) in [5.74, 6) is -0.886. The Bertz CT molecular complexity index is 277. The van der Waals surface area contributed by atoms with Crippen LogP contribution in [0.5, 0.6) is 0 Å². The van der Waals surface area contributed by atoms with Crippen LogP contribution in [0.2, 0.25) is 0 Å². The number of alkyl halides is 1. The van der Waals surface area contributed by atoms with Gasteiger partial charge in [0.05, 0.1) is 5.92 Å². The van der Waals surface area contributed by atoms with E-state index in [1.807, 2.05) is 0 Å². The molecule has 22 heavy (non-hydrogen) atoms. The van der Waals surface area contributed by atoms with E-state index in [1.54, 1.807) is 0 Å². The molecule has 0 spiro atoms. The Kier molecular flexibility index (Phi) is 16.5. The molecule has 0 aliphatic rings. The fourth-order valence-corrected chi connectivity index (χ4v) is 2.84. The monoisotopic (exact) mass is 330 g/mol. The van der Waals surface area contributed by atoms with Crippen molar-refractivity contribution in [1.29, 1.82) is 0 Å². The standard InChI is InChI=1S/C19H35ClO2/c1-2-3-4-5-6-7-8-9-10-11-12-13-14-15-16-18(17-20)19(21)22/h9-10,18H,2-8,11-17H2,1H3,(H,21,22)/b10-9+. The molecule has 0 aliphatic heterocycles. The molecule has 0 heterocycles. The molecule has 0 bridgehead atoms. The summed E-state index contributed by atoms with van der Waals surface area (Å²) < 4.78 is 0. The van der Waals surface area contributed by atoms with Gasteiger partial charge in [-0.15, -0.1) is 11.6 Å². The van der Waals surface area contributed by atoms with Gasteiger partial charge in [0, 0.05) is 5.88 Å². The zero-order valence-electron chi connectivity index (χ0n) is 14.4. The highest BCUT2D eigenvalue weighted by Crippen LogP contribution is 2.14. The number of hydrogen-bond acceptors (Lipinski definition) is 1. The molecular weight excluding hydrogens is 296 g/mol. The Morgan fingerprint density at radius 2 is 1.41 bits per heavy atom. The van der Waals surface area contributed by atoms with Gasteiger partial charge in [-0.05, 0) is 32.1 Å². The number of rotatable bonds is 16. The first-order valence-electron chi connectivity index (χ1n) is 9.16. The highest BCUT2D eigenvalue weighted by molar-refractivity contribution is 6.19. The third-order valence-electron chi connectivity index (χ3n) is 4.10. The van der Waals surface area contributed by atoms with E-state index in [2.05, 4.69) is 19.1 Å². The van der Waals surface area contributed by atoms with Gasteiger partial charge in [-0.2, -0.15) is 0 Å². The van der Waals surface area contributed by atoms with Gasteiger partial charge in [-0.1, -0.05) is 70.4 Å². The highest BCUT2D eigenvalue weighted by Gasteiger charge is 2.14. The molecular formula is C19H35ClO2. The van der Waals surface area contributed by atoms with Gasteiger partial charge < -0.3 is 5.11 Å². The number of carboxylic acids is 1. The summed E-state index contributed by atoms with van der Waals surface area (Å²) in [7, 11) is 0. The molecule has 130 valence electrons. The Balaban J connectivity index is 3.25. The normalized spacial score (nSPS) is 12.8. The van der Waals surface area contributed by atoms with E-state index < -0.39 is 5.97 Å². The summed E-state index contributed by atoms with van der Waals surface area (Å²) in [6, 6.07) is 0. The lowest BCUT2D eigenvalue weighted by Crippen LogP contribution is -2.14. The minimum atomic E-state index is -0.757. The van der Waals surface area contributed by atoms with Crippen molar-refractivity contribution in [3.63, 3.8) is 0 Å². The zero-order valence-corrected chi connectivity index (χ0v) is 15.1. The van der Waals surface area contributed by atoms with Gasteiger partial charge >= 0.3 is 5.97 Å². The number of carboxylic acid groups (broad SMARTS) is 1. The maximum Gasteiger partial charge on any atom is 0.307 e. The lowest BCUT2D eigenvalue weighted by Gasteiger charge is -2.07. The first-order chi connectivity index (χ1) is 10.7. The van der Waals surface area contributed by atoms with Crippen LogP contribution in [0, 0.1) is 5.92 Å². The van der Waals surface area contributed by atoms with Crippen molar-refractivity contribution < 1.29 is 9.90 Å². The van der Waals surface area contributed by atoms with E-state index in [0.29, 0.717) is 6.42 Å². The van der Waals surface area contributed by atoms with Crippen LogP contribution in [0.15, 0.2) is 12.2 Å². The summed E-state index contributed by atoms with van der Waals surface area (Å²) in [5, 5.41) is 8.88. The van der Waals surface area contributed by atoms with Crippen LogP contribution < -0.4 is 0 Å². The van der Waals surface area contributed by atoms with Crippen LogP contribution in [-0.4, -0.2) is 17.0 Å². The van der Waals surface area contributed by atoms with Crippen molar-refractivity contribution in [2.75, 3.05) is 5.88 Å². The second-order valence-corrected chi connectivity index (χ2v) is 6.52. The molecule has 0 radical (unpaired) electrons. The van der Waals surface area contributed by atoms with Crippen molar-refractivity contribution in [2.24, 2.45) is 5.92 Å². The first kappa shape index (κ1) is 21.5. The molecule has 0 aromatic rings. The van der Waals surface area contributed by atoms with E-state index in [0.717, 1.165) is 19.3 Å². The Labute approximate surface area is 142 Å². The molecule has 0 saturated heterocycles. The van der Waals surface area contributed by atoms with Crippen molar-refractivity contribution in [3.05, 3.63) is 12.2 Å². The predicted octanol–water partition coefficient (Wildman–Crippen LogP) is 6.57. The number of carbonyl (C=O) groups is 1. The van der Waals surface area contributed by atoms with Crippen LogP contribution in [0.25, 0.3) is 0 Å². The fraction of sp³-hybridized carbons (Fsp3) is 0.842. The van der Waals surface area contributed by atoms with E-state index in [9.17, 15) is 4.79 Å². The van der Waals surface area contributed by atoms with Crippen LogP contribution in [0.1, 0.15) is 90.4 Å². The minimum absolute atomic E-state index is 0.233. The van der Waals surface area contributed by atoms with Crippen molar-refractivity contribution in [2.45, 2.75) is 90.4 Å². The topological polar surface area (TPSA) is 37.3 Å². The fourth-order valence-electron chi connectivity index (χ4n) is 2.55. The summed E-state index contributed by atoms with van der Waals surface area (Å²) in [6.07, 6.45) is 20.4. The van der Waals surface area contributed by atoms with Gasteiger partial charge in [0.1, 0.15) is 0 Å². The lowest BCUT2D eigenvalue weighted by molar-refractivity contribution is -0.141. The van der Waals surface area contributed by atoms with Gasteiger partial charge in [0.15, 0.2) is 0 Å². The number of aliphatic carboxylic acids is 1. The maximum atomic E-state index is 10.8.